The molecule has 0 aliphatic carbocycles. The molecule has 0 saturated carbocycles. The van der Waals surface area contributed by atoms with E-state index in [1.54, 1.807) is 0 Å². The maximum Gasteiger partial charge on any atom is 0.0119 e. The van der Waals surface area contributed by atoms with Gasteiger partial charge >= 0.3 is 0 Å². The third-order valence-corrected chi connectivity index (χ3v) is 3.13. The molecular formula is C19H44N2. The van der Waals surface area contributed by atoms with Gasteiger partial charge in [-0.25, -0.2) is 0 Å². The monoisotopic (exact) mass is 300 g/mol. The lowest BCUT2D eigenvalue weighted by Gasteiger charge is -2.34. The smallest absolute Gasteiger partial charge is 0.0119 e. The van der Waals surface area contributed by atoms with Crippen molar-refractivity contribution in [2.45, 2.75) is 93.0 Å². The fraction of sp³-hybridized carbons (Fsp3) is 1.00. The Labute approximate surface area is 136 Å². The quantitative estimate of drug-likeness (QED) is 0.713. The summed E-state index contributed by atoms with van der Waals surface area (Å²) in [5, 5.41) is 3.44. The summed E-state index contributed by atoms with van der Waals surface area (Å²) in [5.74, 6) is 0.833. The summed E-state index contributed by atoms with van der Waals surface area (Å²) in [5.41, 5.74) is 0. The Balaban J connectivity index is 0. The summed E-state index contributed by atoms with van der Waals surface area (Å²) < 4.78 is 0. The van der Waals surface area contributed by atoms with Crippen molar-refractivity contribution in [2.24, 2.45) is 5.92 Å². The number of rotatable bonds is 6. The lowest BCUT2D eigenvalue weighted by molar-refractivity contribution is 0.160. The van der Waals surface area contributed by atoms with Crippen LogP contribution < -0.4 is 5.32 Å². The van der Waals surface area contributed by atoms with Crippen LogP contribution in [0.25, 0.3) is 0 Å². The van der Waals surface area contributed by atoms with Crippen LogP contribution in [-0.4, -0.2) is 37.1 Å². The molecule has 1 aliphatic rings. The van der Waals surface area contributed by atoms with E-state index in [0.717, 1.165) is 12.0 Å². The van der Waals surface area contributed by atoms with E-state index in [0.29, 0.717) is 0 Å². The molecule has 0 aromatic heterocycles. The van der Waals surface area contributed by atoms with Gasteiger partial charge in [-0.1, -0.05) is 61.3 Å². The fourth-order valence-electron chi connectivity index (χ4n) is 2.30. The van der Waals surface area contributed by atoms with Crippen molar-refractivity contribution < 1.29 is 0 Å². The molecule has 0 atom stereocenters. The van der Waals surface area contributed by atoms with Gasteiger partial charge in [0.1, 0.15) is 0 Å². The first-order valence-corrected chi connectivity index (χ1v) is 9.47. The van der Waals surface area contributed by atoms with Crippen molar-refractivity contribution in [3.05, 3.63) is 0 Å². The molecule has 0 amide bonds. The van der Waals surface area contributed by atoms with Gasteiger partial charge in [-0.3, -0.25) is 0 Å². The summed E-state index contributed by atoms with van der Waals surface area (Å²) in [4.78, 5) is 2.71. The standard InChI is InChI=1S/C12H26N2.C4H10.C3H8/c1-3-5-11-14(10-4-2)12-6-8-13-9-7-12;1-4(2)3;1-3-2/h12-13H,3-11H2,1-2H3;4H,1-3H3;3H2,1-2H3. The van der Waals surface area contributed by atoms with Gasteiger partial charge in [0.25, 0.3) is 0 Å². The van der Waals surface area contributed by atoms with Crippen molar-refractivity contribution >= 4 is 0 Å². The lowest BCUT2D eigenvalue weighted by Crippen LogP contribution is -2.43. The maximum absolute atomic E-state index is 3.44. The number of unbranched alkanes of at least 4 members (excludes halogenated alkanes) is 1. The van der Waals surface area contributed by atoms with E-state index in [9.17, 15) is 0 Å². The first-order valence-electron chi connectivity index (χ1n) is 9.47. The van der Waals surface area contributed by atoms with Crippen LogP contribution in [0.15, 0.2) is 0 Å². The minimum atomic E-state index is 0.833. The van der Waals surface area contributed by atoms with Crippen molar-refractivity contribution in [1.82, 2.24) is 10.2 Å². The molecule has 0 aromatic carbocycles. The molecule has 1 aliphatic heterocycles. The van der Waals surface area contributed by atoms with Gasteiger partial charge in [-0.15, -0.1) is 0 Å². The van der Waals surface area contributed by atoms with Crippen LogP contribution >= 0.6 is 0 Å². The van der Waals surface area contributed by atoms with Crippen molar-refractivity contribution in [3.63, 3.8) is 0 Å². The molecule has 1 saturated heterocycles. The van der Waals surface area contributed by atoms with Gasteiger partial charge < -0.3 is 10.2 Å². The molecule has 130 valence electrons. The summed E-state index contributed by atoms with van der Waals surface area (Å²) in [6.07, 6.45) is 7.94. The van der Waals surface area contributed by atoms with E-state index in [1.165, 1.54) is 64.7 Å². The Morgan fingerprint density at radius 1 is 0.905 bits per heavy atom. The SMILES string of the molecule is CC(C)C.CCC.CCCCN(CCC)C1CCNCC1. The maximum atomic E-state index is 3.44. The minimum absolute atomic E-state index is 0.833. The molecular weight excluding hydrogens is 256 g/mol. The fourth-order valence-corrected chi connectivity index (χ4v) is 2.30. The zero-order chi connectivity index (χ0) is 16.5. The predicted molar refractivity (Wildman–Crippen MR) is 99.1 cm³/mol. The van der Waals surface area contributed by atoms with Crippen LogP contribution in [0.2, 0.25) is 0 Å². The third kappa shape index (κ3) is 17.9. The zero-order valence-corrected chi connectivity index (χ0v) is 16.2. The molecule has 1 N–H and O–H groups in total. The Morgan fingerprint density at radius 2 is 1.38 bits per heavy atom. The van der Waals surface area contributed by atoms with Crippen LogP contribution in [0.3, 0.4) is 0 Å². The molecule has 0 radical (unpaired) electrons. The van der Waals surface area contributed by atoms with E-state index in [4.69, 9.17) is 0 Å². The average Bonchev–Trinajstić information content (AvgIpc) is 2.45. The molecule has 0 bridgehead atoms. The summed E-state index contributed by atoms with van der Waals surface area (Å²) in [7, 11) is 0. The normalized spacial score (nSPS) is 15.3. The number of hydrogen-bond donors (Lipinski definition) is 1. The highest BCUT2D eigenvalue weighted by atomic mass is 15.2. The molecule has 0 aromatic rings. The number of nitrogens with one attached hydrogen (secondary N) is 1. The highest BCUT2D eigenvalue weighted by molar-refractivity contribution is 4.77. The molecule has 0 spiro atoms. The Kier molecular flexibility index (Phi) is 19.8. The molecule has 2 nitrogen and oxygen atoms in total. The topological polar surface area (TPSA) is 15.3 Å². The Bertz CT molecular complexity index is 172. The predicted octanol–water partition coefficient (Wildman–Crippen LogP) is 5.33. The second kappa shape index (κ2) is 18.0. The van der Waals surface area contributed by atoms with Gasteiger partial charge in [0.05, 0.1) is 0 Å². The number of nitrogens with zero attached hydrogens (tertiary/aromatic N) is 1. The van der Waals surface area contributed by atoms with Crippen LogP contribution in [-0.2, 0) is 0 Å². The number of piperidine rings is 1. The molecule has 1 fully saturated rings. The van der Waals surface area contributed by atoms with Crippen molar-refractivity contribution in [1.29, 1.82) is 0 Å². The van der Waals surface area contributed by atoms with E-state index in [1.807, 2.05) is 0 Å². The first-order chi connectivity index (χ1) is 10.0. The average molecular weight is 301 g/mol. The Hall–Kier alpha value is -0.0800. The summed E-state index contributed by atoms with van der Waals surface area (Å²) >= 11 is 0. The Morgan fingerprint density at radius 3 is 1.76 bits per heavy atom. The second-order valence-electron chi connectivity index (χ2n) is 6.81. The highest BCUT2D eigenvalue weighted by Gasteiger charge is 2.19. The van der Waals surface area contributed by atoms with Crippen LogP contribution in [0.5, 0.6) is 0 Å². The van der Waals surface area contributed by atoms with E-state index in [-0.39, 0.29) is 0 Å². The highest BCUT2D eigenvalue weighted by Crippen LogP contribution is 2.13. The molecule has 0 unspecified atom stereocenters. The largest absolute Gasteiger partial charge is 0.317 e. The van der Waals surface area contributed by atoms with Gasteiger partial charge in [-0.05, 0) is 57.8 Å². The second-order valence-corrected chi connectivity index (χ2v) is 6.81. The van der Waals surface area contributed by atoms with Crippen molar-refractivity contribution in [3.8, 4) is 0 Å². The van der Waals surface area contributed by atoms with Gasteiger partial charge in [0, 0.05) is 6.04 Å². The molecule has 2 heteroatoms. The number of hydrogen-bond acceptors (Lipinski definition) is 2. The van der Waals surface area contributed by atoms with Crippen LogP contribution in [0.1, 0.15) is 87.0 Å². The van der Waals surface area contributed by atoms with Crippen LogP contribution in [0, 0.1) is 5.92 Å². The van der Waals surface area contributed by atoms with Crippen LogP contribution in [0.4, 0.5) is 0 Å². The van der Waals surface area contributed by atoms with E-state index >= 15 is 0 Å². The van der Waals surface area contributed by atoms with Gasteiger partial charge in [0.2, 0.25) is 0 Å². The lowest BCUT2D eigenvalue weighted by atomic mass is 10.0. The van der Waals surface area contributed by atoms with Crippen molar-refractivity contribution in [2.75, 3.05) is 26.2 Å². The summed E-state index contributed by atoms with van der Waals surface area (Å²) in [6, 6.07) is 0.864. The third-order valence-electron chi connectivity index (χ3n) is 3.13. The van der Waals surface area contributed by atoms with E-state index < -0.39 is 0 Å². The molecule has 21 heavy (non-hydrogen) atoms. The molecule has 1 heterocycles. The molecule has 1 rings (SSSR count). The summed E-state index contributed by atoms with van der Waals surface area (Å²) in [6.45, 7) is 20.4. The van der Waals surface area contributed by atoms with Gasteiger partial charge in [0.15, 0.2) is 0 Å². The van der Waals surface area contributed by atoms with Gasteiger partial charge in [-0.2, -0.15) is 0 Å². The first kappa shape index (κ1) is 23.2. The van der Waals surface area contributed by atoms with E-state index in [2.05, 4.69) is 58.7 Å². The zero-order valence-electron chi connectivity index (χ0n) is 16.2. The minimum Gasteiger partial charge on any atom is -0.317 e.